The number of nitrogens with one attached hydrogen (secondary N) is 1. The van der Waals surface area contributed by atoms with Crippen LogP contribution in [0.5, 0.6) is 0 Å². The van der Waals surface area contributed by atoms with E-state index in [0.29, 0.717) is 24.0 Å². The highest BCUT2D eigenvalue weighted by Gasteiger charge is 2.49. The molecule has 1 aliphatic heterocycles. The number of carbonyl (C=O) groups excluding carboxylic acids is 1. The number of anilines is 2. The maximum Gasteiger partial charge on any atom is 0.265 e. The molecule has 2 aliphatic rings. The standard InChI is InChI=1S/C26H34ClN3O3S/c1-5-30(20-9-7-6-8-10-20)34(32,33)23-13-19(11-12-22(23)27)28-24(31)16-29-18-26(4)15-21(29)14-25(2,3)17-26/h6-13,21H,5,14-18H2,1-4H3,(H,28,31). The van der Waals surface area contributed by atoms with E-state index in [2.05, 4.69) is 31.0 Å². The van der Waals surface area contributed by atoms with Gasteiger partial charge in [0.05, 0.1) is 17.3 Å². The van der Waals surface area contributed by atoms with E-state index < -0.39 is 10.0 Å². The van der Waals surface area contributed by atoms with Gasteiger partial charge in [-0.1, -0.05) is 50.6 Å². The lowest BCUT2D eigenvalue weighted by atomic mass is 9.65. The Bertz CT molecular complexity index is 1170. The molecule has 0 radical (unpaired) electrons. The number of sulfonamides is 1. The first kappa shape index (κ1) is 25.0. The molecule has 1 saturated heterocycles. The second-order valence-electron chi connectivity index (χ2n) is 10.8. The number of hydrogen-bond acceptors (Lipinski definition) is 4. The van der Waals surface area contributed by atoms with Gasteiger partial charge in [0, 0.05) is 24.8 Å². The maximum absolute atomic E-state index is 13.4. The zero-order chi connectivity index (χ0) is 24.7. The third-order valence-electron chi connectivity index (χ3n) is 6.98. The second kappa shape index (κ2) is 9.17. The topological polar surface area (TPSA) is 69.7 Å². The van der Waals surface area contributed by atoms with E-state index >= 15 is 0 Å². The van der Waals surface area contributed by atoms with Crippen molar-refractivity contribution in [1.29, 1.82) is 0 Å². The molecule has 1 N–H and O–H groups in total. The summed E-state index contributed by atoms with van der Waals surface area (Å²) >= 11 is 6.32. The van der Waals surface area contributed by atoms with Crippen molar-refractivity contribution >= 4 is 38.9 Å². The SMILES string of the molecule is CCN(c1ccccc1)S(=O)(=O)c1cc(NC(=O)CN2CC3(C)CC2CC(C)(C)C3)ccc1Cl. The highest BCUT2D eigenvalue weighted by Crippen LogP contribution is 2.52. The molecule has 2 fully saturated rings. The Labute approximate surface area is 208 Å². The lowest BCUT2D eigenvalue weighted by Crippen LogP contribution is -2.38. The van der Waals surface area contributed by atoms with Crippen LogP contribution in [-0.2, 0) is 14.8 Å². The molecule has 4 rings (SSSR count). The van der Waals surface area contributed by atoms with Crippen molar-refractivity contribution in [3.8, 4) is 0 Å². The van der Waals surface area contributed by atoms with Gasteiger partial charge in [-0.25, -0.2) is 8.42 Å². The summed E-state index contributed by atoms with van der Waals surface area (Å²) in [4.78, 5) is 15.2. The largest absolute Gasteiger partial charge is 0.325 e. The van der Waals surface area contributed by atoms with Gasteiger partial charge in [-0.3, -0.25) is 14.0 Å². The van der Waals surface area contributed by atoms with Crippen molar-refractivity contribution in [3.05, 3.63) is 53.6 Å². The van der Waals surface area contributed by atoms with E-state index in [0.717, 1.165) is 19.4 Å². The summed E-state index contributed by atoms with van der Waals surface area (Å²) < 4.78 is 28.2. The number of rotatable bonds is 7. The molecule has 2 aromatic rings. The van der Waals surface area contributed by atoms with Crippen molar-refractivity contribution in [2.45, 2.75) is 57.9 Å². The Morgan fingerprint density at radius 3 is 2.53 bits per heavy atom. The summed E-state index contributed by atoms with van der Waals surface area (Å²) in [7, 11) is -3.91. The van der Waals surface area contributed by atoms with Gasteiger partial charge >= 0.3 is 0 Å². The van der Waals surface area contributed by atoms with Crippen molar-refractivity contribution in [2.24, 2.45) is 10.8 Å². The number of amides is 1. The number of benzene rings is 2. The van der Waals surface area contributed by atoms with E-state index in [1.54, 1.807) is 37.3 Å². The van der Waals surface area contributed by atoms with Crippen molar-refractivity contribution < 1.29 is 13.2 Å². The van der Waals surface area contributed by atoms with Crippen LogP contribution in [0, 0.1) is 10.8 Å². The zero-order valence-corrected chi connectivity index (χ0v) is 21.9. The summed E-state index contributed by atoms with van der Waals surface area (Å²) in [6.45, 7) is 10.2. The highest BCUT2D eigenvalue weighted by atomic mass is 35.5. The lowest BCUT2D eigenvalue weighted by Gasteiger charge is -2.39. The summed E-state index contributed by atoms with van der Waals surface area (Å²) in [6, 6.07) is 13.9. The summed E-state index contributed by atoms with van der Waals surface area (Å²) in [5.41, 5.74) is 1.51. The molecule has 2 unspecified atom stereocenters. The molecule has 0 spiro atoms. The Hall–Kier alpha value is -2.09. The Morgan fingerprint density at radius 1 is 1.15 bits per heavy atom. The lowest BCUT2D eigenvalue weighted by molar-refractivity contribution is -0.117. The van der Waals surface area contributed by atoms with Crippen molar-refractivity contribution in [2.75, 3.05) is 29.3 Å². The molecule has 8 heteroatoms. The van der Waals surface area contributed by atoms with Crippen LogP contribution in [0.1, 0.15) is 47.0 Å². The van der Waals surface area contributed by atoms with Gasteiger partial charge in [0.1, 0.15) is 4.90 Å². The van der Waals surface area contributed by atoms with Gasteiger partial charge in [-0.15, -0.1) is 0 Å². The third-order valence-corrected chi connectivity index (χ3v) is 9.37. The average molecular weight is 504 g/mol. The van der Waals surface area contributed by atoms with Gasteiger partial charge in [0.2, 0.25) is 5.91 Å². The summed E-state index contributed by atoms with van der Waals surface area (Å²) in [5.74, 6) is -0.143. The fourth-order valence-corrected chi connectivity index (χ4v) is 8.11. The van der Waals surface area contributed by atoms with E-state index in [4.69, 9.17) is 11.6 Å². The normalized spacial score (nSPS) is 24.1. The second-order valence-corrected chi connectivity index (χ2v) is 13.1. The smallest absolute Gasteiger partial charge is 0.265 e. The van der Waals surface area contributed by atoms with Gasteiger partial charge in [0.25, 0.3) is 10.0 Å². The molecule has 34 heavy (non-hydrogen) atoms. The van der Waals surface area contributed by atoms with Gasteiger partial charge < -0.3 is 5.32 Å². The number of carbonyl (C=O) groups is 1. The minimum Gasteiger partial charge on any atom is -0.325 e. The molecular weight excluding hydrogens is 470 g/mol. The van der Waals surface area contributed by atoms with E-state index in [1.807, 2.05) is 6.07 Å². The molecule has 2 aromatic carbocycles. The quantitative estimate of drug-likeness (QED) is 0.549. The van der Waals surface area contributed by atoms with Gasteiger partial charge in [0.15, 0.2) is 0 Å². The molecule has 2 atom stereocenters. The van der Waals surface area contributed by atoms with Crippen LogP contribution in [0.25, 0.3) is 0 Å². The van der Waals surface area contributed by atoms with Crippen LogP contribution >= 0.6 is 11.6 Å². The number of hydrogen-bond donors (Lipinski definition) is 1. The molecule has 2 bridgehead atoms. The fraction of sp³-hybridized carbons (Fsp3) is 0.500. The molecule has 6 nitrogen and oxygen atoms in total. The number of fused-ring (bicyclic) bond motifs is 2. The van der Waals surface area contributed by atoms with Crippen LogP contribution in [0.3, 0.4) is 0 Å². The number of para-hydroxylation sites is 1. The first-order chi connectivity index (χ1) is 15.9. The van der Waals surface area contributed by atoms with Crippen LogP contribution < -0.4 is 9.62 Å². The first-order valence-electron chi connectivity index (χ1n) is 11.8. The Morgan fingerprint density at radius 2 is 1.85 bits per heavy atom. The molecule has 1 aliphatic carbocycles. The molecule has 0 aromatic heterocycles. The maximum atomic E-state index is 13.4. The minimum absolute atomic E-state index is 0.0241. The predicted molar refractivity (Wildman–Crippen MR) is 138 cm³/mol. The van der Waals surface area contributed by atoms with Crippen molar-refractivity contribution in [1.82, 2.24) is 4.90 Å². The first-order valence-corrected chi connectivity index (χ1v) is 13.7. The van der Waals surface area contributed by atoms with E-state index in [1.165, 1.54) is 22.9 Å². The fourth-order valence-electron chi connectivity index (χ4n) is 6.13. The van der Waals surface area contributed by atoms with Crippen LogP contribution in [0.2, 0.25) is 5.02 Å². The molecule has 1 amide bonds. The van der Waals surface area contributed by atoms with E-state index in [9.17, 15) is 13.2 Å². The monoisotopic (exact) mass is 503 g/mol. The zero-order valence-electron chi connectivity index (χ0n) is 20.3. The number of nitrogens with zero attached hydrogens (tertiary/aromatic N) is 2. The van der Waals surface area contributed by atoms with E-state index in [-0.39, 0.29) is 33.2 Å². The minimum atomic E-state index is -3.91. The van der Waals surface area contributed by atoms with Gasteiger partial charge in [-0.05, 0) is 67.3 Å². The van der Waals surface area contributed by atoms with Gasteiger partial charge in [-0.2, -0.15) is 0 Å². The molecule has 1 saturated carbocycles. The number of likely N-dealkylation sites (tertiary alicyclic amines) is 1. The molecular formula is C26H34ClN3O3S. The third kappa shape index (κ3) is 5.11. The Kier molecular flexibility index (Phi) is 6.75. The highest BCUT2D eigenvalue weighted by molar-refractivity contribution is 7.93. The van der Waals surface area contributed by atoms with Crippen LogP contribution in [0.4, 0.5) is 11.4 Å². The number of halogens is 1. The predicted octanol–water partition coefficient (Wildman–Crippen LogP) is 5.39. The molecule has 1 heterocycles. The van der Waals surface area contributed by atoms with Crippen LogP contribution in [0.15, 0.2) is 53.4 Å². The van der Waals surface area contributed by atoms with Crippen molar-refractivity contribution in [3.63, 3.8) is 0 Å². The Balaban J connectivity index is 1.51. The molecule has 184 valence electrons. The van der Waals surface area contributed by atoms with Crippen LogP contribution in [-0.4, -0.2) is 44.9 Å². The average Bonchev–Trinajstić information content (AvgIpc) is 2.97. The summed E-state index contributed by atoms with van der Waals surface area (Å²) in [6.07, 6.45) is 3.38. The summed E-state index contributed by atoms with van der Waals surface area (Å²) in [5, 5.41) is 3.02.